The summed E-state index contributed by atoms with van der Waals surface area (Å²) in [5.41, 5.74) is 0.586. The van der Waals surface area contributed by atoms with Gasteiger partial charge in [-0.3, -0.25) is 4.79 Å². The van der Waals surface area contributed by atoms with Gasteiger partial charge in [0.05, 0.1) is 0 Å². The van der Waals surface area contributed by atoms with Crippen LogP contribution >= 0.6 is 0 Å². The molecule has 0 saturated carbocycles. The maximum atomic E-state index is 10.6. The standard InChI is InChI=1S/C7H10O/c1-4-5-7(8)6(2)3/h4-5H,2H2,1,3H3/b5-4-. The average Bonchev–Trinajstić information content (AvgIpc) is 1.67. The van der Waals surface area contributed by atoms with Crippen LogP contribution in [0.1, 0.15) is 13.8 Å². The second kappa shape index (κ2) is 3.19. The Balaban J connectivity index is 3.85. The molecule has 0 atom stereocenters. The van der Waals surface area contributed by atoms with Crippen LogP contribution in [0.25, 0.3) is 0 Å². The molecule has 44 valence electrons. The molecular weight excluding hydrogens is 100 g/mol. The van der Waals surface area contributed by atoms with Crippen LogP contribution in [0.4, 0.5) is 0 Å². The van der Waals surface area contributed by atoms with E-state index >= 15 is 0 Å². The summed E-state index contributed by atoms with van der Waals surface area (Å²) >= 11 is 0. The van der Waals surface area contributed by atoms with E-state index in [9.17, 15) is 4.79 Å². The van der Waals surface area contributed by atoms with Gasteiger partial charge in [0, 0.05) is 0 Å². The summed E-state index contributed by atoms with van der Waals surface area (Å²) in [7, 11) is 0. The van der Waals surface area contributed by atoms with Gasteiger partial charge in [-0.2, -0.15) is 0 Å². The summed E-state index contributed by atoms with van der Waals surface area (Å²) in [5, 5.41) is 0. The molecule has 0 radical (unpaired) electrons. The van der Waals surface area contributed by atoms with Gasteiger partial charge in [-0.1, -0.05) is 12.7 Å². The Hall–Kier alpha value is -0.850. The van der Waals surface area contributed by atoms with E-state index < -0.39 is 0 Å². The summed E-state index contributed by atoms with van der Waals surface area (Å²) in [4.78, 5) is 10.6. The monoisotopic (exact) mass is 110 g/mol. The molecule has 8 heavy (non-hydrogen) atoms. The molecule has 0 aliphatic heterocycles. The molecule has 0 N–H and O–H groups in total. The summed E-state index contributed by atoms with van der Waals surface area (Å²) in [6, 6.07) is 0. The molecule has 0 fully saturated rings. The molecular formula is C7H10O. The largest absolute Gasteiger partial charge is 0.290 e. The number of rotatable bonds is 2. The summed E-state index contributed by atoms with van der Waals surface area (Å²) in [5.74, 6) is 0.00694. The van der Waals surface area contributed by atoms with E-state index in [1.165, 1.54) is 6.08 Å². The Kier molecular flexibility index (Phi) is 2.85. The molecule has 0 amide bonds. The number of carbonyl (C=O) groups is 1. The number of hydrogen-bond donors (Lipinski definition) is 0. The van der Waals surface area contributed by atoms with Gasteiger partial charge in [0.1, 0.15) is 0 Å². The van der Waals surface area contributed by atoms with E-state index in [2.05, 4.69) is 6.58 Å². The normalized spacial score (nSPS) is 9.75. The number of ketones is 1. The zero-order chi connectivity index (χ0) is 6.57. The minimum Gasteiger partial charge on any atom is -0.290 e. The third-order valence-corrected chi connectivity index (χ3v) is 0.739. The van der Waals surface area contributed by atoms with Crippen LogP contribution in [-0.4, -0.2) is 5.78 Å². The quantitative estimate of drug-likeness (QED) is 0.494. The molecule has 0 heterocycles. The van der Waals surface area contributed by atoms with Gasteiger partial charge in [-0.05, 0) is 25.5 Å². The lowest BCUT2D eigenvalue weighted by atomic mass is 10.2. The van der Waals surface area contributed by atoms with Gasteiger partial charge in [0.15, 0.2) is 5.78 Å². The molecule has 0 saturated heterocycles. The first-order valence-corrected chi connectivity index (χ1v) is 2.51. The van der Waals surface area contributed by atoms with E-state index in [0.717, 1.165) is 0 Å². The minimum atomic E-state index is 0.00694. The van der Waals surface area contributed by atoms with E-state index in [1.807, 2.05) is 0 Å². The van der Waals surface area contributed by atoms with Gasteiger partial charge in [0.25, 0.3) is 0 Å². The summed E-state index contributed by atoms with van der Waals surface area (Å²) in [6.45, 7) is 6.98. The summed E-state index contributed by atoms with van der Waals surface area (Å²) in [6.07, 6.45) is 3.21. The zero-order valence-corrected chi connectivity index (χ0v) is 5.27. The Morgan fingerprint density at radius 1 is 1.62 bits per heavy atom. The van der Waals surface area contributed by atoms with Crippen molar-refractivity contribution >= 4 is 5.78 Å². The third-order valence-electron chi connectivity index (χ3n) is 0.739. The van der Waals surface area contributed by atoms with Crippen molar-refractivity contribution in [3.05, 3.63) is 24.3 Å². The van der Waals surface area contributed by atoms with Crippen LogP contribution in [0.3, 0.4) is 0 Å². The average molecular weight is 110 g/mol. The fourth-order valence-electron chi connectivity index (χ4n) is 0.294. The fraction of sp³-hybridized carbons (Fsp3) is 0.286. The molecule has 0 rings (SSSR count). The van der Waals surface area contributed by atoms with Crippen molar-refractivity contribution in [2.45, 2.75) is 13.8 Å². The van der Waals surface area contributed by atoms with Crippen molar-refractivity contribution in [3.63, 3.8) is 0 Å². The SMILES string of the molecule is C=C(C)C(=O)/C=C\C. The first-order valence-electron chi connectivity index (χ1n) is 2.51. The van der Waals surface area contributed by atoms with Gasteiger partial charge in [-0.25, -0.2) is 0 Å². The molecule has 0 bridgehead atoms. The van der Waals surface area contributed by atoms with Crippen molar-refractivity contribution < 1.29 is 4.79 Å². The maximum Gasteiger partial charge on any atom is 0.180 e. The zero-order valence-electron chi connectivity index (χ0n) is 5.27. The first kappa shape index (κ1) is 7.15. The number of carbonyl (C=O) groups excluding carboxylic acids is 1. The predicted molar refractivity (Wildman–Crippen MR) is 34.6 cm³/mol. The van der Waals surface area contributed by atoms with E-state index in [0.29, 0.717) is 5.57 Å². The Morgan fingerprint density at radius 3 is 2.25 bits per heavy atom. The highest BCUT2D eigenvalue weighted by Gasteiger charge is 1.91. The van der Waals surface area contributed by atoms with E-state index in [4.69, 9.17) is 0 Å². The predicted octanol–water partition coefficient (Wildman–Crippen LogP) is 1.71. The van der Waals surface area contributed by atoms with Gasteiger partial charge in [0.2, 0.25) is 0 Å². The second-order valence-electron chi connectivity index (χ2n) is 1.64. The highest BCUT2D eigenvalue weighted by Crippen LogP contribution is 1.89. The smallest absolute Gasteiger partial charge is 0.180 e. The molecule has 0 unspecified atom stereocenters. The molecule has 0 spiro atoms. The number of allylic oxidation sites excluding steroid dienone is 3. The van der Waals surface area contributed by atoms with Gasteiger partial charge >= 0.3 is 0 Å². The molecule has 0 aromatic carbocycles. The van der Waals surface area contributed by atoms with Gasteiger partial charge < -0.3 is 0 Å². The topological polar surface area (TPSA) is 17.1 Å². The van der Waals surface area contributed by atoms with Crippen LogP contribution in [0.2, 0.25) is 0 Å². The van der Waals surface area contributed by atoms with Crippen molar-refractivity contribution in [2.24, 2.45) is 0 Å². The molecule has 0 aromatic rings. The lowest BCUT2D eigenvalue weighted by Gasteiger charge is -1.85. The Labute approximate surface area is 49.7 Å². The van der Waals surface area contributed by atoms with Crippen molar-refractivity contribution in [1.29, 1.82) is 0 Å². The van der Waals surface area contributed by atoms with Crippen LogP contribution < -0.4 is 0 Å². The van der Waals surface area contributed by atoms with Crippen molar-refractivity contribution in [2.75, 3.05) is 0 Å². The molecule has 0 aliphatic carbocycles. The maximum absolute atomic E-state index is 10.6. The highest BCUT2D eigenvalue weighted by atomic mass is 16.1. The Bertz CT molecular complexity index is 131. The third kappa shape index (κ3) is 2.35. The molecule has 1 heteroatoms. The fourth-order valence-corrected chi connectivity index (χ4v) is 0.294. The minimum absolute atomic E-state index is 0.00694. The van der Waals surface area contributed by atoms with Crippen molar-refractivity contribution in [3.8, 4) is 0 Å². The lowest BCUT2D eigenvalue weighted by molar-refractivity contribution is -0.111. The molecule has 0 aromatic heterocycles. The van der Waals surface area contributed by atoms with Crippen LogP contribution in [0.5, 0.6) is 0 Å². The highest BCUT2D eigenvalue weighted by molar-refractivity contribution is 6.02. The summed E-state index contributed by atoms with van der Waals surface area (Å²) < 4.78 is 0. The van der Waals surface area contributed by atoms with Gasteiger partial charge in [-0.15, -0.1) is 0 Å². The number of hydrogen-bond acceptors (Lipinski definition) is 1. The molecule has 1 nitrogen and oxygen atoms in total. The lowest BCUT2D eigenvalue weighted by Crippen LogP contribution is -1.90. The second-order valence-corrected chi connectivity index (χ2v) is 1.64. The Morgan fingerprint density at radius 2 is 2.12 bits per heavy atom. The van der Waals surface area contributed by atoms with Crippen molar-refractivity contribution in [1.82, 2.24) is 0 Å². The molecule has 0 aliphatic rings. The van der Waals surface area contributed by atoms with Crippen LogP contribution in [0.15, 0.2) is 24.3 Å². The van der Waals surface area contributed by atoms with Crippen LogP contribution in [-0.2, 0) is 4.79 Å². The van der Waals surface area contributed by atoms with E-state index in [-0.39, 0.29) is 5.78 Å². The van der Waals surface area contributed by atoms with Crippen LogP contribution in [0, 0.1) is 0 Å². The first-order chi connectivity index (χ1) is 3.68. The van der Waals surface area contributed by atoms with E-state index in [1.54, 1.807) is 19.9 Å².